The maximum Gasteiger partial charge on any atom is 0.397 e. The SMILES string of the molecule is CC(C)(C)OC(=O)C(=O)N1CCC[C@@H]1CO. The van der Waals surface area contributed by atoms with Gasteiger partial charge in [0.1, 0.15) is 5.60 Å². The maximum absolute atomic E-state index is 11.7. The van der Waals surface area contributed by atoms with Gasteiger partial charge in [0.05, 0.1) is 12.6 Å². The van der Waals surface area contributed by atoms with Crippen LogP contribution in [0.1, 0.15) is 33.6 Å². The van der Waals surface area contributed by atoms with Crippen molar-refractivity contribution < 1.29 is 19.4 Å². The van der Waals surface area contributed by atoms with E-state index in [4.69, 9.17) is 9.84 Å². The Morgan fingerprint density at radius 3 is 2.56 bits per heavy atom. The molecule has 0 bridgehead atoms. The molecule has 0 saturated carbocycles. The molecule has 1 aliphatic heterocycles. The molecule has 0 aromatic carbocycles. The van der Waals surface area contributed by atoms with Crippen LogP contribution in [0.4, 0.5) is 0 Å². The fraction of sp³-hybridized carbons (Fsp3) is 0.818. The summed E-state index contributed by atoms with van der Waals surface area (Å²) in [5.74, 6) is -1.49. The number of nitrogens with zero attached hydrogens (tertiary/aromatic N) is 1. The highest BCUT2D eigenvalue weighted by molar-refractivity contribution is 6.32. The van der Waals surface area contributed by atoms with Gasteiger partial charge in [0.15, 0.2) is 0 Å². The lowest BCUT2D eigenvalue weighted by Crippen LogP contribution is -2.44. The molecule has 1 rings (SSSR count). The summed E-state index contributed by atoms with van der Waals surface area (Å²) < 4.78 is 4.99. The lowest BCUT2D eigenvalue weighted by Gasteiger charge is -2.24. The third-order valence-electron chi connectivity index (χ3n) is 2.42. The van der Waals surface area contributed by atoms with Crippen molar-refractivity contribution in [1.29, 1.82) is 0 Å². The van der Waals surface area contributed by atoms with Crippen LogP contribution < -0.4 is 0 Å². The molecular weight excluding hydrogens is 210 g/mol. The Morgan fingerprint density at radius 2 is 2.06 bits per heavy atom. The van der Waals surface area contributed by atoms with Gasteiger partial charge < -0.3 is 14.7 Å². The quantitative estimate of drug-likeness (QED) is 0.519. The highest BCUT2D eigenvalue weighted by atomic mass is 16.6. The number of carbonyl (C=O) groups excluding carboxylic acids is 2. The first-order valence-corrected chi connectivity index (χ1v) is 5.50. The molecule has 0 radical (unpaired) electrons. The van der Waals surface area contributed by atoms with Crippen molar-refractivity contribution in [2.45, 2.75) is 45.3 Å². The molecule has 5 heteroatoms. The van der Waals surface area contributed by atoms with Crippen LogP contribution in [0.2, 0.25) is 0 Å². The molecule has 1 fully saturated rings. The van der Waals surface area contributed by atoms with Crippen LogP contribution >= 0.6 is 0 Å². The molecule has 5 nitrogen and oxygen atoms in total. The zero-order chi connectivity index (χ0) is 12.3. The van der Waals surface area contributed by atoms with Crippen LogP contribution in [0.3, 0.4) is 0 Å². The molecule has 0 aromatic heterocycles. The van der Waals surface area contributed by atoms with Gasteiger partial charge in [-0.05, 0) is 33.6 Å². The van der Waals surface area contributed by atoms with Gasteiger partial charge in [-0.15, -0.1) is 0 Å². The van der Waals surface area contributed by atoms with E-state index in [9.17, 15) is 9.59 Å². The third-order valence-corrected chi connectivity index (χ3v) is 2.42. The number of aliphatic hydroxyl groups excluding tert-OH is 1. The topological polar surface area (TPSA) is 66.8 Å². The minimum Gasteiger partial charge on any atom is -0.453 e. The summed E-state index contributed by atoms with van der Waals surface area (Å²) in [7, 11) is 0. The zero-order valence-corrected chi connectivity index (χ0v) is 10.0. The number of hydrogen-bond donors (Lipinski definition) is 1. The molecule has 0 aliphatic carbocycles. The van der Waals surface area contributed by atoms with Crippen molar-refractivity contribution in [2.24, 2.45) is 0 Å². The summed E-state index contributed by atoms with van der Waals surface area (Å²) in [4.78, 5) is 24.6. The van der Waals surface area contributed by atoms with E-state index in [1.165, 1.54) is 4.90 Å². The summed E-state index contributed by atoms with van der Waals surface area (Å²) in [5.41, 5.74) is -0.665. The van der Waals surface area contributed by atoms with Gasteiger partial charge in [-0.2, -0.15) is 0 Å². The highest BCUT2D eigenvalue weighted by Gasteiger charge is 2.34. The van der Waals surface area contributed by atoms with E-state index in [-0.39, 0.29) is 12.6 Å². The fourth-order valence-electron chi connectivity index (χ4n) is 1.73. The van der Waals surface area contributed by atoms with E-state index in [2.05, 4.69) is 0 Å². The second-order valence-corrected chi connectivity index (χ2v) is 4.98. The fourth-order valence-corrected chi connectivity index (χ4v) is 1.73. The van der Waals surface area contributed by atoms with Gasteiger partial charge in [0.2, 0.25) is 0 Å². The van der Waals surface area contributed by atoms with Crippen LogP contribution in [-0.2, 0) is 14.3 Å². The lowest BCUT2D eigenvalue weighted by molar-refractivity contribution is -0.168. The molecular formula is C11H19NO4. The Labute approximate surface area is 95.4 Å². The number of carbonyl (C=O) groups is 2. The molecule has 0 spiro atoms. The van der Waals surface area contributed by atoms with Gasteiger partial charge in [-0.1, -0.05) is 0 Å². The molecule has 1 N–H and O–H groups in total. The summed E-state index contributed by atoms with van der Waals surface area (Å²) in [6.45, 7) is 5.56. The first-order chi connectivity index (χ1) is 7.35. The van der Waals surface area contributed by atoms with E-state index in [1.807, 2.05) is 0 Å². The molecule has 92 valence electrons. The molecule has 1 heterocycles. The van der Waals surface area contributed by atoms with Gasteiger partial charge in [0, 0.05) is 6.54 Å². The van der Waals surface area contributed by atoms with Crippen molar-refractivity contribution in [3.05, 3.63) is 0 Å². The standard InChI is InChI=1S/C11H19NO4/c1-11(2,3)16-10(15)9(14)12-6-4-5-8(12)7-13/h8,13H,4-7H2,1-3H3/t8-/m1/s1. The Bertz CT molecular complexity index is 282. The van der Waals surface area contributed by atoms with Crippen LogP contribution in [0, 0.1) is 0 Å². The van der Waals surface area contributed by atoms with Crippen molar-refractivity contribution in [2.75, 3.05) is 13.2 Å². The average molecular weight is 229 g/mol. The normalized spacial score (nSPS) is 21.0. The molecule has 1 aliphatic rings. The van der Waals surface area contributed by atoms with E-state index in [0.717, 1.165) is 12.8 Å². The average Bonchev–Trinajstić information content (AvgIpc) is 2.61. The number of esters is 1. The molecule has 1 saturated heterocycles. The van der Waals surface area contributed by atoms with Crippen LogP contribution in [0.15, 0.2) is 0 Å². The van der Waals surface area contributed by atoms with Crippen LogP contribution in [0.5, 0.6) is 0 Å². The van der Waals surface area contributed by atoms with Gasteiger partial charge in [-0.3, -0.25) is 4.79 Å². The first kappa shape index (κ1) is 13.0. The van der Waals surface area contributed by atoms with Gasteiger partial charge in [-0.25, -0.2) is 4.79 Å². The molecule has 0 aromatic rings. The first-order valence-electron chi connectivity index (χ1n) is 5.50. The second kappa shape index (κ2) is 4.82. The summed E-state index contributed by atoms with van der Waals surface area (Å²) in [5, 5.41) is 9.05. The predicted octanol–water partition coefficient (Wildman–Crippen LogP) is 0.311. The van der Waals surface area contributed by atoms with Gasteiger partial charge in [0.25, 0.3) is 0 Å². The number of aliphatic hydroxyl groups is 1. The van der Waals surface area contributed by atoms with Crippen molar-refractivity contribution in [3.63, 3.8) is 0 Å². The van der Waals surface area contributed by atoms with Crippen molar-refractivity contribution in [1.82, 2.24) is 4.90 Å². The van der Waals surface area contributed by atoms with E-state index in [0.29, 0.717) is 6.54 Å². The summed E-state index contributed by atoms with van der Waals surface area (Å²) >= 11 is 0. The molecule has 1 atom stereocenters. The lowest BCUT2D eigenvalue weighted by atomic mass is 10.2. The smallest absolute Gasteiger partial charge is 0.397 e. The Hall–Kier alpha value is -1.10. The van der Waals surface area contributed by atoms with Gasteiger partial charge >= 0.3 is 11.9 Å². The number of rotatable bonds is 1. The minimum atomic E-state index is -0.840. The van der Waals surface area contributed by atoms with Crippen molar-refractivity contribution >= 4 is 11.9 Å². The second-order valence-electron chi connectivity index (χ2n) is 4.98. The molecule has 16 heavy (non-hydrogen) atoms. The molecule has 0 unspecified atom stereocenters. The largest absolute Gasteiger partial charge is 0.453 e. The number of amides is 1. The maximum atomic E-state index is 11.7. The number of hydrogen-bond acceptors (Lipinski definition) is 4. The highest BCUT2D eigenvalue weighted by Crippen LogP contribution is 2.18. The predicted molar refractivity (Wildman–Crippen MR) is 57.7 cm³/mol. The van der Waals surface area contributed by atoms with Crippen LogP contribution in [0.25, 0.3) is 0 Å². The molecule has 1 amide bonds. The summed E-state index contributed by atoms with van der Waals surface area (Å²) in [6.07, 6.45) is 1.56. The van der Waals surface area contributed by atoms with E-state index in [1.54, 1.807) is 20.8 Å². The Morgan fingerprint density at radius 1 is 1.44 bits per heavy atom. The summed E-state index contributed by atoms with van der Waals surface area (Å²) in [6, 6.07) is -0.236. The van der Waals surface area contributed by atoms with E-state index < -0.39 is 17.5 Å². The van der Waals surface area contributed by atoms with E-state index >= 15 is 0 Å². The number of likely N-dealkylation sites (tertiary alicyclic amines) is 1. The zero-order valence-electron chi connectivity index (χ0n) is 10.0. The Kier molecular flexibility index (Phi) is 3.91. The van der Waals surface area contributed by atoms with Crippen molar-refractivity contribution in [3.8, 4) is 0 Å². The minimum absolute atomic E-state index is 0.103. The monoisotopic (exact) mass is 229 g/mol. The van der Waals surface area contributed by atoms with Crippen LogP contribution in [-0.4, -0.2) is 46.7 Å². The third kappa shape index (κ3) is 3.20. The number of ether oxygens (including phenoxy) is 1. The Balaban J connectivity index is 2.60.